The fraction of sp³-hybridized carbons (Fsp3) is 0.600. The smallest absolute Gasteiger partial charge is 0.434 e. The number of fused-ring (bicyclic) bond motifs is 1. The maximum Gasteiger partial charge on any atom is 0.511 e. The van der Waals surface area contributed by atoms with E-state index >= 15 is 0 Å². The molecule has 0 radical (unpaired) electrons. The number of carbonyl (C=O) groups is 4. The average molecular weight is 442 g/mol. The molecule has 0 bridgehead atoms. The van der Waals surface area contributed by atoms with Crippen LogP contribution in [0.5, 0.6) is 0 Å². The Morgan fingerprint density at radius 2 is 1.29 bits per heavy atom. The van der Waals surface area contributed by atoms with Crippen molar-refractivity contribution in [1.29, 1.82) is 0 Å². The standard InChI is InChI=1S/C20H26O11/c1-11(2)16(21)28-14-9-13-10-15(29-17(22)12(3)4)31-19(24)27-8-6-20(13,25)5-7-26-18(23)30-14/h13-15,25H,1,3,5-10H2,2,4H3. The third-order valence-corrected chi connectivity index (χ3v) is 4.85. The lowest BCUT2D eigenvalue weighted by molar-refractivity contribution is -0.180. The Morgan fingerprint density at radius 3 is 1.65 bits per heavy atom. The Hall–Kier alpha value is -3.08. The minimum Gasteiger partial charge on any atom is -0.434 e. The second kappa shape index (κ2) is 10.3. The van der Waals surface area contributed by atoms with Gasteiger partial charge in [0.15, 0.2) is 0 Å². The lowest BCUT2D eigenvalue weighted by atomic mass is 9.78. The molecule has 0 spiro atoms. The lowest BCUT2D eigenvalue weighted by Gasteiger charge is -2.36. The summed E-state index contributed by atoms with van der Waals surface area (Å²) in [6.45, 7) is 9.34. The largest absolute Gasteiger partial charge is 0.511 e. The number of esters is 2. The molecule has 0 aliphatic carbocycles. The first-order chi connectivity index (χ1) is 14.5. The molecule has 2 aliphatic rings. The quantitative estimate of drug-likeness (QED) is 0.388. The van der Waals surface area contributed by atoms with Crippen LogP contribution in [0, 0.1) is 5.92 Å². The van der Waals surface area contributed by atoms with Crippen molar-refractivity contribution in [3.8, 4) is 0 Å². The van der Waals surface area contributed by atoms with Crippen molar-refractivity contribution < 1.29 is 52.7 Å². The zero-order valence-corrected chi connectivity index (χ0v) is 17.4. The molecule has 2 saturated heterocycles. The van der Waals surface area contributed by atoms with Crippen molar-refractivity contribution >= 4 is 24.2 Å². The van der Waals surface area contributed by atoms with E-state index in [0.717, 1.165) is 0 Å². The van der Waals surface area contributed by atoms with Crippen LogP contribution in [-0.2, 0) is 38.0 Å². The summed E-state index contributed by atoms with van der Waals surface area (Å²) < 4.78 is 30.3. The molecule has 172 valence electrons. The van der Waals surface area contributed by atoms with Crippen molar-refractivity contribution in [2.45, 2.75) is 57.7 Å². The van der Waals surface area contributed by atoms with Crippen LogP contribution >= 0.6 is 0 Å². The fourth-order valence-electron chi connectivity index (χ4n) is 3.12. The van der Waals surface area contributed by atoms with Gasteiger partial charge in [0.2, 0.25) is 0 Å². The summed E-state index contributed by atoms with van der Waals surface area (Å²) in [5.41, 5.74) is -1.42. The van der Waals surface area contributed by atoms with E-state index in [2.05, 4.69) is 13.2 Å². The van der Waals surface area contributed by atoms with Gasteiger partial charge in [-0.2, -0.15) is 0 Å². The molecule has 0 amide bonds. The lowest BCUT2D eigenvalue weighted by Crippen LogP contribution is -2.43. The normalized spacial score (nSPS) is 29.2. The topological polar surface area (TPSA) is 144 Å². The van der Waals surface area contributed by atoms with Crippen molar-refractivity contribution in [2.75, 3.05) is 13.2 Å². The van der Waals surface area contributed by atoms with Crippen LogP contribution in [0.4, 0.5) is 9.59 Å². The fourth-order valence-corrected chi connectivity index (χ4v) is 3.12. The Labute approximate surface area is 178 Å². The monoisotopic (exact) mass is 442 g/mol. The molecule has 31 heavy (non-hydrogen) atoms. The van der Waals surface area contributed by atoms with E-state index in [4.69, 9.17) is 28.4 Å². The summed E-state index contributed by atoms with van der Waals surface area (Å²) in [6.07, 6.45) is -5.47. The van der Waals surface area contributed by atoms with Crippen LogP contribution in [0.3, 0.4) is 0 Å². The molecule has 0 aromatic heterocycles. The van der Waals surface area contributed by atoms with E-state index in [9.17, 15) is 24.3 Å². The summed E-state index contributed by atoms with van der Waals surface area (Å²) in [7, 11) is 0. The predicted molar refractivity (Wildman–Crippen MR) is 101 cm³/mol. The second-order valence-electron chi connectivity index (χ2n) is 7.43. The zero-order valence-electron chi connectivity index (χ0n) is 17.4. The van der Waals surface area contributed by atoms with E-state index in [1.165, 1.54) is 13.8 Å². The van der Waals surface area contributed by atoms with E-state index in [1.54, 1.807) is 0 Å². The number of hydrogen-bond donors (Lipinski definition) is 1. The van der Waals surface area contributed by atoms with Gasteiger partial charge in [0.1, 0.15) is 0 Å². The number of hydrogen-bond acceptors (Lipinski definition) is 11. The zero-order chi connectivity index (χ0) is 23.2. The number of aliphatic hydroxyl groups is 1. The van der Waals surface area contributed by atoms with E-state index < -0.39 is 48.3 Å². The molecule has 0 aromatic rings. The highest BCUT2D eigenvalue weighted by Crippen LogP contribution is 2.37. The van der Waals surface area contributed by atoms with Crippen molar-refractivity contribution in [3.05, 3.63) is 24.3 Å². The van der Waals surface area contributed by atoms with E-state index in [1.807, 2.05) is 0 Å². The first kappa shape index (κ1) is 24.2. The SMILES string of the molecule is C=C(C)C(=O)OC1CC2CC(OC(=O)C(=C)C)OC(=O)OCCC2(O)CCOC(=O)O1. The highest BCUT2D eigenvalue weighted by Gasteiger charge is 2.44. The molecule has 1 N–H and O–H groups in total. The van der Waals surface area contributed by atoms with Crippen LogP contribution in [0.25, 0.3) is 0 Å². The third-order valence-electron chi connectivity index (χ3n) is 4.85. The number of carbonyl (C=O) groups excluding carboxylic acids is 4. The number of ether oxygens (including phenoxy) is 6. The molecule has 2 unspecified atom stereocenters. The Morgan fingerprint density at radius 1 is 0.903 bits per heavy atom. The average Bonchev–Trinajstić information content (AvgIpc) is 2.74. The molecule has 2 heterocycles. The summed E-state index contributed by atoms with van der Waals surface area (Å²) in [6, 6.07) is 0. The highest BCUT2D eigenvalue weighted by atomic mass is 16.8. The van der Waals surface area contributed by atoms with Gasteiger partial charge in [0.25, 0.3) is 12.6 Å². The van der Waals surface area contributed by atoms with Gasteiger partial charge in [-0.1, -0.05) is 13.2 Å². The maximum atomic E-state index is 12.0. The molecular weight excluding hydrogens is 416 g/mol. The summed E-state index contributed by atoms with van der Waals surface area (Å²) in [5, 5.41) is 11.3. The van der Waals surface area contributed by atoms with E-state index in [-0.39, 0.29) is 50.0 Å². The minimum atomic E-state index is -1.55. The van der Waals surface area contributed by atoms with Gasteiger partial charge in [-0.3, -0.25) is 0 Å². The van der Waals surface area contributed by atoms with Gasteiger partial charge >= 0.3 is 24.2 Å². The van der Waals surface area contributed by atoms with Crippen molar-refractivity contribution in [1.82, 2.24) is 0 Å². The molecule has 0 saturated carbocycles. The molecule has 2 atom stereocenters. The van der Waals surface area contributed by atoms with Gasteiger partial charge in [-0.05, 0) is 13.8 Å². The third kappa shape index (κ3) is 6.99. The summed E-state index contributed by atoms with van der Waals surface area (Å²) in [5.74, 6) is -2.45. The minimum absolute atomic E-state index is 0.0351. The van der Waals surface area contributed by atoms with Crippen LogP contribution in [0.15, 0.2) is 24.3 Å². The number of cyclic esters (lactones) is 4. The van der Waals surface area contributed by atoms with Gasteiger partial charge in [0.05, 0.1) is 18.8 Å². The molecule has 2 aliphatic heterocycles. The van der Waals surface area contributed by atoms with Crippen LogP contribution < -0.4 is 0 Å². The van der Waals surface area contributed by atoms with Gasteiger partial charge in [0, 0.05) is 42.7 Å². The van der Waals surface area contributed by atoms with Gasteiger partial charge in [-0.15, -0.1) is 0 Å². The Balaban J connectivity index is 2.34. The van der Waals surface area contributed by atoms with Crippen molar-refractivity contribution in [2.24, 2.45) is 5.92 Å². The molecule has 11 nitrogen and oxygen atoms in total. The second-order valence-corrected chi connectivity index (χ2v) is 7.43. The summed E-state index contributed by atoms with van der Waals surface area (Å²) >= 11 is 0. The van der Waals surface area contributed by atoms with Gasteiger partial charge < -0.3 is 33.5 Å². The molecule has 2 rings (SSSR count). The van der Waals surface area contributed by atoms with Gasteiger partial charge in [-0.25, -0.2) is 19.2 Å². The number of rotatable bonds is 4. The van der Waals surface area contributed by atoms with Crippen LogP contribution in [-0.4, -0.2) is 60.8 Å². The summed E-state index contributed by atoms with van der Waals surface area (Å²) in [4.78, 5) is 47.7. The highest BCUT2D eigenvalue weighted by molar-refractivity contribution is 5.87. The molecular formula is C20H26O11. The molecule has 2 fully saturated rings. The van der Waals surface area contributed by atoms with Crippen LogP contribution in [0.2, 0.25) is 0 Å². The predicted octanol–water partition coefficient (Wildman–Crippen LogP) is 2.12. The first-order valence-corrected chi connectivity index (χ1v) is 9.62. The van der Waals surface area contributed by atoms with E-state index in [0.29, 0.717) is 0 Å². The Kier molecular flexibility index (Phi) is 8.03. The van der Waals surface area contributed by atoms with Crippen LogP contribution in [0.1, 0.15) is 39.5 Å². The molecule has 0 aromatic carbocycles. The first-order valence-electron chi connectivity index (χ1n) is 9.62. The molecule has 11 heteroatoms. The Bertz CT molecular complexity index is 698. The maximum absolute atomic E-state index is 12.0. The van der Waals surface area contributed by atoms with Crippen molar-refractivity contribution in [3.63, 3.8) is 0 Å².